The first-order chi connectivity index (χ1) is 7.67. The Morgan fingerprint density at radius 2 is 2.31 bits per heavy atom. The second kappa shape index (κ2) is 6.00. The van der Waals surface area contributed by atoms with Gasteiger partial charge in [0.2, 0.25) is 0 Å². The first-order valence-electron chi connectivity index (χ1n) is 5.06. The molecule has 16 heavy (non-hydrogen) atoms. The Balaban J connectivity index is 2.56. The number of carbonyl (C=O) groups excluding carboxylic acids is 1. The number of methoxy groups -OCH3 is 2. The standard InChI is InChI=1S/C12H16O4/c1-15-8-9-3-4-10(11(13)7-9)5-6-12(14)16-2/h4,7-8,13H,3,5-6H2,1-2H3/b9-8+. The summed E-state index contributed by atoms with van der Waals surface area (Å²) in [6, 6.07) is 0. The molecule has 1 N–H and O–H groups in total. The predicted molar refractivity (Wildman–Crippen MR) is 59.8 cm³/mol. The maximum atomic E-state index is 10.9. The van der Waals surface area contributed by atoms with Crippen LogP contribution in [0.5, 0.6) is 0 Å². The van der Waals surface area contributed by atoms with Crippen molar-refractivity contribution in [3.63, 3.8) is 0 Å². The molecule has 0 aromatic heterocycles. The summed E-state index contributed by atoms with van der Waals surface area (Å²) >= 11 is 0. The highest BCUT2D eigenvalue weighted by atomic mass is 16.5. The van der Waals surface area contributed by atoms with Crippen LogP contribution in [-0.2, 0) is 14.3 Å². The number of aliphatic hydroxyl groups is 1. The van der Waals surface area contributed by atoms with Gasteiger partial charge in [0.05, 0.1) is 20.5 Å². The average Bonchev–Trinajstić information content (AvgIpc) is 2.28. The zero-order chi connectivity index (χ0) is 12.0. The number of esters is 1. The van der Waals surface area contributed by atoms with Crippen molar-refractivity contribution in [3.8, 4) is 0 Å². The summed E-state index contributed by atoms with van der Waals surface area (Å²) in [4.78, 5) is 10.9. The molecule has 0 heterocycles. The van der Waals surface area contributed by atoms with Gasteiger partial charge in [0.15, 0.2) is 0 Å². The van der Waals surface area contributed by atoms with Gasteiger partial charge in [-0.1, -0.05) is 6.08 Å². The Morgan fingerprint density at radius 3 is 2.88 bits per heavy atom. The fraction of sp³-hybridized carbons (Fsp3) is 0.417. The second-order valence-corrected chi connectivity index (χ2v) is 3.47. The minimum absolute atomic E-state index is 0.193. The van der Waals surface area contributed by atoms with Crippen LogP contribution in [0.4, 0.5) is 0 Å². The molecule has 1 aliphatic rings. The molecule has 0 fully saturated rings. The van der Waals surface area contributed by atoms with Crippen LogP contribution in [0.25, 0.3) is 0 Å². The van der Waals surface area contributed by atoms with Crippen molar-refractivity contribution < 1.29 is 19.4 Å². The molecule has 0 saturated carbocycles. The molecule has 0 aliphatic heterocycles. The van der Waals surface area contributed by atoms with Gasteiger partial charge in [-0.25, -0.2) is 0 Å². The summed E-state index contributed by atoms with van der Waals surface area (Å²) in [6.45, 7) is 0. The molecule has 0 bridgehead atoms. The normalized spacial score (nSPS) is 17.8. The van der Waals surface area contributed by atoms with Gasteiger partial charge in [0.25, 0.3) is 0 Å². The number of aliphatic hydroxyl groups excluding tert-OH is 1. The van der Waals surface area contributed by atoms with E-state index in [1.54, 1.807) is 19.4 Å². The molecular weight excluding hydrogens is 208 g/mol. The van der Waals surface area contributed by atoms with Gasteiger partial charge in [0.1, 0.15) is 5.76 Å². The third-order valence-electron chi connectivity index (χ3n) is 2.33. The minimum atomic E-state index is -0.271. The molecule has 4 heteroatoms. The molecule has 0 aromatic rings. The van der Waals surface area contributed by atoms with E-state index in [1.807, 2.05) is 6.08 Å². The molecule has 0 amide bonds. The van der Waals surface area contributed by atoms with Crippen molar-refractivity contribution in [1.82, 2.24) is 0 Å². The topological polar surface area (TPSA) is 55.8 Å². The Kier molecular flexibility index (Phi) is 4.64. The minimum Gasteiger partial charge on any atom is -0.508 e. The van der Waals surface area contributed by atoms with Crippen LogP contribution in [0.2, 0.25) is 0 Å². The van der Waals surface area contributed by atoms with Crippen LogP contribution >= 0.6 is 0 Å². The average molecular weight is 224 g/mol. The van der Waals surface area contributed by atoms with Gasteiger partial charge in [-0.15, -0.1) is 0 Å². The zero-order valence-electron chi connectivity index (χ0n) is 9.53. The van der Waals surface area contributed by atoms with Crippen molar-refractivity contribution in [1.29, 1.82) is 0 Å². The molecule has 0 unspecified atom stereocenters. The van der Waals surface area contributed by atoms with Gasteiger partial charge in [-0.2, -0.15) is 0 Å². The van der Waals surface area contributed by atoms with E-state index in [0.717, 1.165) is 11.1 Å². The zero-order valence-corrected chi connectivity index (χ0v) is 9.53. The molecule has 1 aliphatic carbocycles. The quantitative estimate of drug-likeness (QED) is 0.587. The van der Waals surface area contributed by atoms with Crippen LogP contribution in [0.3, 0.4) is 0 Å². The van der Waals surface area contributed by atoms with Gasteiger partial charge < -0.3 is 14.6 Å². The summed E-state index contributed by atoms with van der Waals surface area (Å²) in [7, 11) is 2.92. The van der Waals surface area contributed by atoms with E-state index in [4.69, 9.17) is 4.74 Å². The number of rotatable bonds is 4. The first-order valence-corrected chi connectivity index (χ1v) is 5.06. The summed E-state index contributed by atoms with van der Waals surface area (Å²) in [5, 5.41) is 9.70. The lowest BCUT2D eigenvalue weighted by molar-refractivity contribution is -0.140. The van der Waals surface area contributed by atoms with E-state index in [1.165, 1.54) is 7.11 Å². The van der Waals surface area contributed by atoms with Crippen molar-refractivity contribution in [2.75, 3.05) is 14.2 Å². The van der Waals surface area contributed by atoms with Crippen LogP contribution in [0.15, 0.2) is 35.3 Å². The van der Waals surface area contributed by atoms with Crippen LogP contribution < -0.4 is 0 Å². The molecule has 4 nitrogen and oxygen atoms in total. The third-order valence-corrected chi connectivity index (χ3v) is 2.33. The first kappa shape index (κ1) is 12.4. The Hall–Kier alpha value is -1.71. The Morgan fingerprint density at radius 1 is 1.56 bits per heavy atom. The maximum Gasteiger partial charge on any atom is 0.305 e. The molecule has 0 saturated heterocycles. The summed E-state index contributed by atoms with van der Waals surface area (Å²) < 4.78 is 9.40. The van der Waals surface area contributed by atoms with Crippen LogP contribution in [0, 0.1) is 0 Å². The molecule has 1 rings (SSSR count). The molecule has 0 aromatic carbocycles. The fourth-order valence-corrected chi connectivity index (χ4v) is 1.48. The van der Waals surface area contributed by atoms with Crippen molar-refractivity contribution in [3.05, 3.63) is 35.3 Å². The number of ether oxygens (including phenoxy) is 2. The van der Waals surface area contributed by atoms with E-state index in [2.05, 4.69) is 4.74 Å². The van der Waals surface area contributed by atoms with Gasteiger partial charge in [-0.3, -0.25) is 4.79 Å². The lowest BCUT2D eigenvalue weighted by Gasteiger charge is -2.12. The second-order valence-electron chi connectivity index (χ2n) is 3.47. The van der Waals surface area contributed by atoms with Crippen molar-refractivity contribution in [2.24, 2.45) is 0 Å². The smallest absolute Gasteiger partial charge is 0.305 e. The van der Waals surface area contributed by atoms with Gasteiger partial charge in [0, 0.05) is 6.42 Å². The largest absolute Gasteiger partial charge is 0.508 e. The number of carbonyl (C=O) groups is 1. The van der Waals surface area contributed by atoms with Gasteiger partial charge >= 0.3 is 5.97 Å². The summed E-state index contributed by atoms with van der Waals surface area (Å²) in [5.74, 6) is -0.0783. The fourth-order valence-electron chi connectivity index (χ4n) is 1.48. The highest BCUT2D eigenvalue weighted by Gasteiger charge is 2.12. The molecule has 0 spiro atoms. The van der Waals surface area contributed by atoms with E-state index in [9.17, 15) is 9.90 Å². The van der Waals surface area contributed by atoms with Gasteiger partial charge in [-0.05, 0) is 30.1 Å². The van der Waals surface area contributed by atoms with Crippen molar-refractivity contribution in [2.45, 2.75) is 19.3 Å². The number of hydrogen-bond donors (Lipinski definition) is 1. The number of hydrogen-bond acceptors (Lipinski definition) is 4. The molecule has 0 atom stereocenters. The Labute approximate surface area is 94.9 Å². The van der Waals surface area contributed by atoms with Crippen molar-refractivity contribution >= 4 is 5.97 Å². The molecular formula is C12H16O4. The Bertz CT molecular complexity index is 350. The SMILES string of the molecule is CO/C=C1/C=C(O)C(CCC(=O)OC)=CC1. The van der Waals surface area contributed by atoms with Crippen LogP contribution in [-0.4, -0.2) is 25.3 Å². The summed E-state index contributed by atoms with van der Waals surface area (Å²) in [5.41, 5.74) is 1.68. The van der Waals surface area contributed by atoms with E-state index in [-0.39, 0.29) is 18.1 Å². The summed E-state index contributed by atoms with van der Waals surface area (Å²) in [6.07, 6.45) is 6.61. The maximum absolute atomic E-state index is 10.9. The predicted octanol–water partition coefficient (Wildman–Crippen LogP) is 2.24. The lowest BCUT2D eigenvalue weighted by Crippen LogP contribution is -2.03. The number of allylic oxidation sites excluding steroid dienone is 4. The van der Waals surface area contributed by atoms with Crippen LogP contribution in [0.1, 0.15) is 19.3 Å². The molecule has 88 valence electrons. The third kappa shape index (κ3) is 3.46. The monoisotopic (exact) mass is 224 g/mol. The van der Waals surface area contributed by atoms with E-state index in [0.29, 0.717) is 12.8 Å². The highest BCUT2D eigenvalue weighted by molar-refractivity contribution is 5.69. The molecule has 0 radical (unpaired) electrons. The van der Waals surface area contributed by atoms with E-state index < -0.39 is 0 Å². The highest BCUT2D eigenvalue weighted by Crippen LogP contribution is 2.24. The lowest BCUT2D eigenvalue weighted by atomic mass is 9.98. The van der Waals surface area contributed by atoms with E-state index >= 15 is 0 Å².